The number of rotatable bonds is 6. The molecule has 2 heterocycles. The highest BCUT2D eigenvalue weighted by Crippen LogP contribution is 2.20. The summed E-state index contributed by atoms with van der Waals surface area (Å²) in [5.41, 5.74) is 4.03. The van der Waals surface area contributed by atoms with E-state index < -0.39 is 5.91 Å². The Morgan fingerprint density at radius 3 is 2.68 bits per heavy atom. The van der Waals surface area contributed by atoms with Gasteiger partial charge in [0.1, 0.15) is 11.6 Å². The number of carbonyl (C=O) groups is 1. The molecule has 1 amide bonds. The molecule has 0 unspecified atom stereocenters. The minimum atomic E-state index is -0.442. The largest absolute Gasteiger partial charge is 0.349 e. The Bertz CT molecular complexity index is 848. The Kier molecular flexibility index (Phi) is 5.81. The van der Waals surface area contributed by atoms with Crippen molar-refractivity contribution in [1.29, 1.82) is 5.26 Å². The van der Waals surface area contributed by atoms with Crippen LogP contribution in [0.15, 0.2) is 17.8 Å². The van der Waals surface area contributed by atoms with Crippen LogP contribution in [0.25, 0.3) is 6.08 Å². The first-order chi connectivity index (χ1) is 11.9. The molecule has 0 bridgehead atoms. The molecule has 2 aromatic rings. The van der Waals surface area contributed by atoms with Crippen molar-refractivity contribution in [3.05, 3.63) is 40.4 Å². The van der Waals surface area contributed by atoms with E-state index in [2.05, 4.69) is 21.9 Å². The maximum atomic E-state index is 12.4. The Labute approximate surface area is 148 Å². The van der Waals surface area contributed by atoms with E-state index in [4.69, 9.17) is 0 Å². The van der Waals surface area contributed by atoms with Gasteiger partial charge in [-0.25, -0.2) is 0 Å². The summed E-state index contributed by atoms with van der Waals surface area (Å²) < 4.78 is 3.85. The van der Waals surface area contributed by atoms with E-state index in [1.807, 2.05) is 39.1 Å². The van der Waals surface area contributed by atoms with Crippen LogP contribution in [0, 0.1) is 32.1 Å². The summed E-state index contributed by atoms with van der Waals surface area (Å²) >= 11 is 0. The molecule has 6 heteroatoms. The van der Waals surface area contributed by atoms with E-state index in [0.717, 1.165) is 41.9 Å². The molecule has 0 atom stereocenters. The van der Waals surface area contributed by atoms with E-state index in [-0.39, 0.29) is 5.57 Å². The molecule has 0 aliphatic heterocycles. The highest BCUT2D eigenvalue weighted by Gasteiger charge is 2.15. The van der Waals surface area contributed by atoms with Crippen molar-refractivity contribution in [2.45, 2.75) is 47.1 Å². The topological polar surface area (TPSA) is 75.6 Å². The number of unbranched alkanes of at least 4 members (excludes halogenated alkanes) is 1. The second-order valence-corrected chi connectivity index (χ2v) is 6.29. The maximum Gasteiger partial charge on any atom is 0.267 e. The van der Waals surface area contributed by atoms with Gasteiger partial charge in [-0.2, -0.15) is 10.4 Å². The summed E-state index contributed by atoms with van der Waals surface area (Å²) in [6, 6.07) is 4.02. The fourth-order valence-corrected chi connectivity index (χ4v) is 2.84. The van der Waals surface area contributed by atoms with E-state index >= 15 is 0 Å². The molecule has 0 aromatic carbocycles. The second-order valence-electron chi connectivity index (χ2n) is 6.29. The lowest BCUT2D eigenvalue weighted by Gasteiger charge is -2.08. The van der Waals surface area contributed by atoms with Gasteiger partial charge in [0.25, 0.3) is 5.91 Å². The van der Waals surface area contributed by atoms with Gasteiger partial charge in [0.05, 0.1) is 0 Å². The lowest BCUT2D eigenvalue weighted by molar-refractivity contribution is -0.112. The molecule has 0 aliphatic rings. The molecule has 132 valence electrons. The summed E-state index contributed by atoms with van der Waals surface area (Å²) in [6.45, 7) is 9.03. The van der Waals surface area contributed by atoms with Crippen molar-refractivity contribution in [1.82, 2.24) is 14.3 Å². The Balaban J connectivity index is 2.27. The number of nitrogens with zero attached hydrogens (tertiary/aromatic N) is 4. The molecule has 0 saturated carbocycles. The zero-order valence-corrected chi connectivity index (χ0v) is 15.6. The minimum Gasteiger partial charge on any atom is -0.349 e. The van der Waals surface area contributed by atoms with Crippen LogP contribution in [0.2, 0.25) is 0 Å². The van der Waals surface area contributed by atoms with Crippen LogP contribution < -0.4 is 5.32 Å². The van der Waals surface area contributed by atoms with Crippen molar-refractivity contribution in [3.8, 4) is 6.07 Å². The first kappa shape index (κ1) is 18.5. The molecule has 0 fully saturated rings. The number of nitriles is 1. The third-order valence-corrected chi connectivity index (χ3v) is 4.26. The third kappa shape index (κ3) is 4.18. The van der Waals surface area contributed by atoms with Crippen molar-refractivity contribution in [2.24, 2.45) is 7.05 Å². The Morgan fingerprint density at radius 1 is 1.40 bits per heavy atom. The zero-order chi connectivity index (χ0) is 18.6. The number of amides is 1. The number of hydrogen-bond acceptors (Lipinski definition) is 3. The quantitative estimate of drug-likeness (QED) is 0.646. The Hall–Kier alpha value is -2.81. The van der Waals surface area contributed by atoms with Crippen LogP contribution in [0.1, 0.15) is 42.3 Å². The SMILES string of the molecule is CCCCn1c(C)cc(/C=C(\C#N)C(=O)Nc2nn(C)cc2C)c1C. The van der Waals surface area contributed by atoms with Crippen molar-refractivity contribution < 1.29 is 4.79 Å². The first-order valence-corrected chi connectivity index (χ1v) is 8.47. The molecule has 0 aliphatic carbocycles. The average molecular weight is 339 g/mol. The molecular formula is C19H25N5O. The van der Waals surface area contributed by atoms with Crippen molar-refractivity contribution >= 4 is 17.8 Å². The zero-order valence-electron chi connectivity index (χ0n) is 15.6. The Morgan fingerprint density at radius 2 is 2.12 bits per heavy atom. The molecule has 1 N–H and O–H groups in total. The van der Waals surface area contributed by atoms with Gasteiger partial charge in [-0.05, 0) is 44.9 Å². The highest BCUT2D eigenvalue weighted by atomic mass is 16.1. The van der Waals surface area contributed by atoms with Gasteiger partial charge in [-0.1, -0.05) is 13.3 Å². The van der Waals surface area contributed by atoms with Crippen molar-refractivity contribution in [2.75, 3.05) is 5.32 Å². The highest BCUT2D eigenvalue weighted by molar-refractivity contribution is 6.09. The molecule has 0 spiro atoms. The van der Waals surface area contributed by atoms with E-state index in [9.17, 15) is 10.1 Å². The third-order valence-electron chi connectivity index (χ3n) is 4.26. The average Bonchev–Trinajstić information content (AvgIpc) is 3.01. The molecule has 2 aromatic heterocycles. The number of aromatic nitrogens is 3. The number of nitrogens with one attached hydrogen (secondary N) is 1. The lowest BCUT2D eigenvalue weighted by Crippen LogP contribution is -2.14. The van der Waals surface area contributed by atoms with Crippen LogP contribution in [0.3, 0.4) is 0 Å². The molecule has 0 saturated heterocycles. The van der Waals surface area contributed by atoms with Gasteiger partial charge >= 0.3 is 0 Å². The van der Waals surface area contributed by atoms with Gasteiger partial charge in [0.2, 0.25) is 0 Å². The molecule has 25 heavy (non-hydrogen) atoms. The second kappa shape index (κ2) is 7.84. The normalized spacial score (nSPS) is 11.4. The monoisotopic (exact) mass is 339 g/mol. The van der Waals surface area contributed by atoms with E-state index in [1.54, 1.807) is 17.8 Å². The van der Waals surface area contributed by atoms with Gasteiger partial charge in [-0.15, -0.1) is 0 Å². The molecule has 0 radical (unpaired) electrons. The van der Waals surface area contributed by atoms with Crippen molar-refractivity contribution in [3.63, 3.8) is 0 Å². The summed E-state index contributed by atoms with van der Waals surface area (Å²) in [5, 5.41) is 16.3. The van der Waals surface area contributed by atoms with Gasteiger partial charge < -0.3 is 9.88 Å². The first-order valence-electron chi connectivity index (χ1n) is 8.47. The molecule has 2 rings (SSSR count). The summed E-state index contributed by atoms with van der Waals surface area (Å²) in [6.07, 6.45) is 5.69. The number of anilines is 1. The fourth-order valence-electron chi connectivity index (χ4n) is 2.84. The predicted octanol–water partition coefficient (Wildman–Crippen LogP) is 3.49. The maximum absolute atomic E-state index is 12.4. The number of aryl methyl sites for hydroxylation is 3. The van der Waals surface area contributed by atoms with Crippen LogP contribution >= 0.6 is 0 Å². The van der Waals surface area contributed by atoms with E-state index in [0.29, 0.717) is 5.82 Å². The number of hydrogen-bond donors (Lipinski definition) is 1. The van der Waals surface area contributed by atoms with Gasteiger partial charge in [-0.3, -0.25) is 9.48 Å². The fraction of sp³-hybridized carbons (Fsp3) is 0.421. The van der Waals surface area contributed by atoms with Crippen LogP contribution in [-0.2, 0) is 18.4 Å². The van der Waals surface area contributed by atoms with Crippen LogP contribution in [0.4, 0.5) is 5.82 Å². The smallest absolute Gasteiger partial charge is 0.267 e. The summed E-state index contributed by atoms with van der Waals surface area (Å²) in [5.74, 6) is 0.0322. The molecular weight excluding hydrogens is 314 g/mol. The minimum absolute atomic E-state index is 0.0702. The van der Waals surface area contributed by atoms with Gasteiger partial charge in [0, 0.05) is 36.7 Å². The predicted molar refractivity (Wildman–Crippen MR) is 99.0 cm³/mol. The molecule has 6 nitrogen and oxygen atoms in total. The number of carbonyl (C=O) groups excluding carboxylic acids is 1. The summed E-state index contributed by atoms with van der Waals surface area (Å²) in [4.78, 5) is 12.4. The van der Waals surface area contributed by atoms with Crippen LogP contribution in [0.5, 0.6) is 0 Å². The van der Waals surface area contributed by atoms with Gasteiger partial charge in [0.15, 0.2) is 5.82 Å². The standard InChI is InChI=1S/C19H25N5O/c1-6-7-8-24-14(3)9-16(15(24)4)10-17(11-20)19(25)21-18-13(2)12-23(5)22-18/h9-10,12H,6-8H2,1-5H3,(H,21,22,25)/b17-10+. The van der Waals surface area contributed by atoms with Crippen LogP contribution in [-0.4, -0.2) is 20.3 Å². The lowest BCUT2D eigenvalue weighted by atomic mass is 10.1. The van der Waals surface area contributed by atoms with E-state index in [1.165, 1.54) is 0 Å². The summed E-state index contributed by atoms with van der Waals surface area (Å²) in [7, 11) is 1.79.